The Hall–Kier alpha value is -3.31. The number of carbonyl (C=O) groups is 1. The highest BCUT2D eigenvalue weighted by molar-refractivity contribution is 7.80. The van der Waals surface area contributed by atoms with Crippen molar-refractivity contribution in [2.45, 2.75) is 9.96 Å². The Kier molecular flexibility index (Phi) is 8.94. The normalized spacial score (nSPS) is 12.1. The number of amides is 1. The number of carbonyl (C=O) groups excluding carboxylic acids is 1. The molecule has 0 bridgehead atoms. The summed E-state index contributed by atoms with van der Waals surface area (Å²) in [5, 5.41) is 27.4. The quantitative estimate of drug-likeness (QED) is 0.0778. The zero-order valence-corrected chi connectivity index (χ0v) is 20.8. The Morgan fingerprint density at radius 1 is 0.914 bits per heavy atom. The van der Waals surface area contributed by atoms with Gasteiger partial charge in [-0.3, -0.25) is 14.9 Å². The Bertz CT molecular complexity index is 1240. The number of nitro benzene ring substituents is 1. The molecule has 0 unspecified atom stereocenters. The molecular weight excluding hydrogens is 535 g/mol. The van der Waals surface area contributed by atoms with E-state index in [0.717, 1.165) is 11.8 Å². The second-order valence-electron chi connectivity index (χ2n) is 6.94. The molecule has 3 N–H and O–H groups in total. The lowest BCUT2D eigenvalue weighted by Crippen LogP contribution is -2.56. The number of alkyl halides is 3. The van der Waals surface area contributed by atoms with E-state index in [1.165, 1.54) is 18.2 Å². The number of non-ortho nitro benzene ring substituents is 1. The smallest absolute Gasteiger partial charge is 0.270 e. The number of nitro groups is 1. The number of hydrogen-bond donors (Lipinski definition) is 3. The van der Waals surface area contributed by atoms with Gasteiger partial charge in [0, 0.05) is 23.4 Å². The number of rotatable bonds is 7. The first-order chi connectivity index (χ1) is 16.6. The maximum absolute atomic E-state index is 12.6. The molecule has 0 aromatic heterocycles. The molecule has 3 aromatic rings. The van der Waals surface area contributed by atoms with Gasteiger partial charge in [-0.1, -0.05) is 59.1 Å². The van der Waals surface area contributed by atoms with Crippen LogP contribution in [0.3, 0.4) is 0 Å². The van der Waals surface area contributed by atoms with Crippen LogP contribution >= 0.6 is 47.0 Å². The average molecular weight is 552 g/mol. The molecule has 0 heterocycles. The third-order valence-corrected chi connectivity index (χ3v) is 5.23. The Morgan fingerprint density at radius 3 is 2.14 bits per heavy atom. The molecule has 180 valence electrons. The van der Waals surface area contributed by atoms with E-state index in [-0.39, 0.29) is 16.4 Å². The third kappa shape index (κ3) is 8.15. The molecule has 1 amide bonds. The average Bonchev–Trinajstić information content (AvgIpc) is 2.83. The first-order valence-electron chi connectivity index (χ1n) is 9.88. The number of thiocarbonyl (C=S) groups is 1. The van der Waals surface area contributed by atoms with Crippen LogP contribution in [0.4, 0.5) is 22.7 Å². The number of benzene rings is 3. The van der Waals surface area contributed by atoms with Crippen molar-refractivity contribution in [3.05, 3.63) is 94.5 Å². The van der Waals surface area contributed by atoms with E-state index in [2.05, 4.69) is 26.2 Å². The van der Waals surface area contributed by atoms with Crippen LogP contribution in [0, 0.1) is 10.1 Å². The monoisotopic (exact) mass is 550 g/mol. The van der Waals surface area contributed by atoms with Crippen molar-refractivity contribution >= 4 is 80.8 Å². The zero-order valence-electron chi connectivity index (χ0n) is 17.7. The lowest BCUT2D eigenvalue weighted by Gasteiger charge is -2.27. The summed E-state index contributed by atoms with van der Waals surface area (Å²) in [6.07, 6.45) is -1.25. The van der Waals surface area contributed by atoms with Crippen molar-refractivity contribution in [3.8, 4) is 0 Å². The van der Waals surface area contributed by atoms with Gasteiger partial charge in [0.05, 0.1) is 16.3 Å². The zero-order chi connectivity index (χ0) is 25.4. The summed E-state index contributed by atoms with van der Waals surface area (Å²) in [4.78, 5) is 22.9. The van der Waals surface area contributed by atoms with E-state index in [9.17, 15) is 14.9 Å². The third-order valence-electron chi connectivity index (χ3n) is 4.36. The van der Waals surface area contributed by atoms with E-state index < -0.39 is 20.8 Å². The van der Waals surface area contributed by atoms with Crippen LogP contribution in [0.15, 0.2) is 89.1 Å². The first-order valence-corrected chi connectivity index (χ1v) is 11.4. The fourth-order valence-corrected chi connectivity index (χ4v) is 3.26. The van der Waals surface area contributed by atoms with Gasteiger partial charge in [-0.25, -0.2) is 0 Å². The highest BCUT2D eigenvalue weighted by Gasteiger charge is 2.35. The fourth-order valence-electron chi connectivity index (χ4n) is 2.69. The maximum Gasteiger partial charge on any atom is 0.270 e. The molecule has 0 saturated heterocycles. The summed E-state index contributed by atoms with van der Waals surface area (Å²) in [6.45, 7) is 0. The van der Waals surface area contributed by atoms with Crippen molar-refractivity contribution in [1.82, 2.24) is 10.6 Å². The van der Waals surface area contributed by atoms with Gasteiger partial charge in [0.2, 0.25) is 3.79 Å². The highest BCUT2D eigenvalue weighted by atomic mass is 35.6. The van der Waals surface area contributed by atoms with Crippen molar-refractivity contribution in [1.29, 1.82) is 0 Å². The summed E-state index contributed by atoms with van der Waals surface area (Å²) in [7, 11) is 0. The molecule has 0 saturated carbocycles. The van der Waals surface area contributed by atoms with Gasteiger partial charge in [0.15, 0.2) is 5.11 Å². The molecule has 35 heavy (non-hydrogen) atoms. The molecule has 0 aliphatic heterocycles. The van der Waals surface area contributed by atoms with Gasteiger partial charge in [-0.2, -0.15) is 10.2 Å². The highest BCUT2D eigenvalue weighted by Crippen LogP contribution is 2.29. The number of anilines is 1. The minimum atomic E-state index is -2.00. The Balaban J connectivity index is 1.62. The number of nitrogens with one attached hydrogen (secondary N) is 3. The number of nitrogens with zero attached hydrogens (tertiary/aromatic N) is 3. The number of hydrogen-bond acceptors (Lipinski definition) is 6. The topological polar surface area (TPSA) is 121 Å². The number of halogens is 3. The fraction of sp³-hybridized carbons (Fsp3) is 0.0909. The maximum atomic E-state index is 12.6. The lowest BCUT2D eigenvalue weighted by molar-refractivity contribution is -0.384. The van der Waals surface area contributed by atoms with Crippen molar-refractivity contribution in [2.75, 3.05) is 5.32 Å². The van der Waals surface area contributed by atoms with Crippen molar-refractivity contribution in [3.63, 3.8) is 0 Å². The van der Waals surface area contributed by atoms with Crippen LogP contribution in [0.1, 0.15) is 10.4 Å². The summed E-state index contributed by atoms with van der Waals surface area (Å²) in [6, 6.07) is 21.3. The number of azo groups is 1. The predicted molar refractivity (Wildman–Crippen MR) is 141 cm³/mol. The van der Waals surface area contributed by atoms with Gasteiger partial charge in [0.25, 0.3) is 11.6 Å². The summed E-state index contributed by atoms with van der Waals surface area (Å²) in [5.41, 5.74) is 1.72. The van der Waals surface area contributed by atoms with Gasteiger partial charge >= 0.3 is 0 Å². The van der Waals surface area contributed by atoms with Crippen molar-refractivity contribution in [2.24, 2.45) is 10.2 Å². The van der Waals surface area contributed by atoms with Crippen LogP contribution in [0.2, 0.25) is 0 Å². The van der Waals surface area contributed by atoms with Crippen molar-refractivity contribution < 1.29 is 9.72 Å². The molecule has 3 rings (SSSR count). The molecule has 9 nitrogen and oxygen atoms in total. The molecule has 0 fully saturated rings. The van der Waals surface area contributed by atoms with Crippen LogP contribution in [0.25, 0.3) is 0 Å². The molecule has 3 aromatic carbocycles. The second kappa shape index (κ2) is 11.9. The Labute approximate surface area is 220 Å². The van der Waals surface area contributed by atoms with Crippen LogP contribution in [0.5, 0.6) is 0 Å². The molecule has 0 radical (unpaired) electrons. The predicted octanol–water partition coefficient (Wildman–Crippen LogP) is 6.42. The largest absolute Gasteiger partial charge is 0.339 e. The molecule has 0 spiro atoms. The SMILES string of the molecule is O=C(N[C@@H](NC(=S)Nc1ccc(N=Nc2ccccc2)cc1)C(Cl)(Cl)Cl)c1cccc([N+](=O)[O-])c1. The minimum absolute atomic E-state index is 0.0133. The minimum Gasteiger partial charge on any atom is -0.339 e. The standard InChI is InChI=1S/C22H17Cl3N6O3S/c23-22(24,25)20(27-19(32)14-5-4-8-18(13-14)31(33)34)28-21(35)26-15-9-11-17(12-10-15)30-29-16-6-2-1-3-7-16/h1-13,20H,(H,27,32)(H2,26,28,35)/t20-/m0/s1. The molecule has 0 aliphatic rings. The molecule has 1 atom stereocenters. The van der Waals surface area contributed by atoms with E-state index in [1.54, 1.807) is 24.3 Å². The van der Waals surface area contributed by atoms with Crippen LogP contribution in [-0.4, -0.2) is 25.9 Å². The molecular formula is C22H17Cl3N6O3S. The summed E-state index contributed by atoms with van der Waals surface area (Å²) < 4.78 is -2.00. The first kappa shape index (κ1) is 26.3. The summed E-state index contributed by atoms with van der Waals surface area (Å²) in [5.74, 6) is -0.701. The van der Waals surface area contributed by atoms with E-state index in [0.29, 0.717) is 11.4 Å². The van der Waals surface area contributed by atoms with Gasteiger partial charge in [-0.05, 0) is 54.7 Å². The summed E-state index contributed by atoms with van der Waals surface area (Å²) >= 11 is 23.3. The van der Waals surface area contributed by atoms with Gasteiger partial charge in [0.1, 0.15) is 6.17 Å². The van der Waals surface area contributed by atoms with E-state index in [1.807, 2.05) is 30.3 Å². The van der Waals surface area contributed by atoms with E-state index in [4.69, 9.17) is 47.0 Å². The van der Waals surface area contributed by atoms with Crippen LogP contribution in [-0.2, 0) is 0 Å². The Morgan fingerprint density at radius 2 is 1.54 bits per heavy atom. The lowest BCUT2D eigenvalue weighted by atomic mass is 10.2. The van der Waals surface area contributed by atoms with Gasteiger partial charge < -0.3 is 16.0 Å². The molecule has 0 aliphatic carbocycles. The second-order valence-corrected chi connectivity index (χ2v) is 9.71. The molecule has 13 heteroatoms. The van der Waals surface area contributed by atoms with E-state index >= 15 is 0 Å². The van der Waals surface area contributed by atoms with Gasteiger partial charge in [-0.15, -0.1) is 0 Å². The van der Waals surface area contributed by atoms with Crippen LogP contribution < -0.4 is 16.0 Å².